The van der Waals surface area contributed by atoms with Crippen LogP contribution in [-0.4, -0.2) is 102 Å². The quantitative estimate of drug-likeness (QED) is 0.0651. The topological polar surface area (TPSA) is 197 Å². The van der Waals surface area contributed by atoms with Gasteiger partial charge in [-0.05, 0) is 91.9 Å². The van der Waals surface area contributed by atoms with Crippen LogP contribution in [0.25, 0.3) is 0 Å². The van der Waals surface area contributed by atoms with Gasteiger partial charge < -0.3 is 31.5 Å². The van der Waals surface area contributed by atoms with E-state index in [1.165, 1.54) is 9.80 Å². The van der Waals surface area contributed by atoms with E-state index >= 15 is 0 Å². The fourth-order valence-electron chi connectivity index (χ4n) is 10.7. The van der Waals surface area contributed by atoms with E-state index in [0.717, 1.165) is 32.1 Å². The van der Waals surface area contributed by atoms with Gasteiger partial charge in [-0.1, -0.05) is 67.2 Å². The van der Waals surface area contributed by atoms with E-state index < -0.39 is 62.6 Å². The second kappa shape index (κ2) is 16.5. The number of imide groups is 2. The van der Waals surface area contributed by atoms with Crippen molar-refractivity contribution in [2.75, 3.05) is 13.1 Å². The number of aliphatic carboxylic acids is 2. The summed E-state index contributed by atoms with van der Waals surface area (Å²) in [4.78, 5) is 83.5. The highest BCUT2D eigenvalue weighted by molar-refractivity contribution is 6.08. The number of rotatable bonds is 19. The zero-order chi connectivity index (χ0) is 42.1. The average Bonchev–Trinajstić information content (AvgIpc) is 3.52. The highest BCUT2D eigenvalue weighted by atomic mass is 16.4. The van der Waals surface area contributed by atoms with Gasteiger partial charge in [0.05, 0.1) is 5.41 Å². The van der Waals surface area contributed by atoms with Crippen molar-refractivity contribution in [3.05, 3.63) is 0 Å². The number of carbonyl (C=O) groups is 6. The first-order valence-corrected chi connectivity index (χ1v) is 21.3. The van der Waals surface area contributed by atoms with Gasteiger partial charge in [-0.2, -0.15) is 0 Å². The molecule has 6 amide bonds. The molecule has 6 N–H and O–H groups in total. The monoisotopic (exact) mass is 789 g/mol. The molecule has 318 valence electrons. The lowest BCUT2D eigenvalue weighted by Gasteiger charge is -2.56. The smallest absolute Gasteiger partial charge is 0.325 e. The normalized spacial score (nSPS) is 37.0. The molecule has 4 fully saturated rings. The minimum absolute atomic E-state index is 0.0454. The molecule has 2 spiro atoms. The number of unbranched alkanes of at least 4 members (excludes halogenated alkanes) is 4. The predicted octanol–water partition coefficient (Wildman–Crippen LogP) is 6.17. The molecule has 0 aromatic rings. The van der Waals surface area contributed by atoms with Crippen LogP contribution in [-0.2, 0) is 19.2 Å². The maximum absolute atomic E-state index is 14.5. The lowest BCUT2D eigenvalue weighted by atomic mass is 9.61. The Morgan fingerprint density at radius 1 is 0.643 bits per heavy atom. The van der Waals surface area contributed by atoms with Crippen LogP contribution >= 0.6 is 0 Å². The summed E-state index contributed by atoms with van der Waals surface area (Å²) in [6.07, 6.45) is 7.08. The number of carboxylic acids is 2. The first-order valence-electron chi connectivity index (χ1n) is 21.3. The van der Waals surface area contributed by atoms with Gasteiger partial charge in [0.15, 0.2) is 0 Å². The summed E-state index contributed by atoms with van der Waals surface area (Å²) < 4.78 is 0. The molecular formula is C42H72N6O8. The zero-order valence-electron chi connectivity index (χ0n) is 35.9. The lowest BCUT2D eigenvalue weighted by Crippen LogP contribution is -2.74. The van der Waals surface area contributed by atoms with E-state index in [4.69, 9.17) is 5.11 Å². The van der Waals surface area contributed by atoms with Gasteiger partial charge in [-0.15, -0.1) is 0 Å². The molecule has 0 aliphatic carbocycles. The molecule has 8 atom stereocenters. The number of nitrogens with one attached hydrogen (secondary N) is 4. The molecule has 0 saturated carbocycles. The van der Waals surface area contributed by atoms with Crippen molar-refractivity contribution in [2.45, 2.75) is 199 Å². The van der Waals surface area contributed by atoms with Crippen molar-refractivity contribution in [3.8, 4) is 0 Å². The SMILES string of the molecule is CCC1(C)CC2(NC(=O)N(CCC(CCCCCCCC(=O)O)(CCN3C(=O)NC4(CC(C)(CC)NC(C)(CC)C4C)C3=O)C(=O)O)C2=O)C(C)C(C)(CC)N1. The van der Waals surface area contributed by atoms with Crippen molar-refractivity contribution in [2.24, 2.45) is 17.3 Å². The summed E-state index contributed by atoms with van der Waals surface area (Å²) in [5.74, 6) is -3.15. The fourth-order valence-corrected chi connectivity index (χ4v) is 10.7. The average molecular weight is 789 g/mol. The van der Waals surface area contributed by atoms with Crippen molar-refractivity contribution in [1.29, 1.82) is 0 Å². The van der Waals surface area contributed by atoms with Crippen molar-refractivity contribution < 1.29 is 39.0 Å². The number of hydrogen-bond donors (Lipinski definition) is 6. The lowest BCUT2D eigenvalue weighted by molar-refractivity contribution is -0.152. The van der Waals surface area contributed by atoms with Crippen LogP contribution in [0.15, 0.2) is 0 Å². The molecule has 0 bridgehead atoms. The van der Waals surface area contributed by atoms with E-state index in [0.29, 0.717) is 38.5 Å². The van der Waals surface area contributed by atoms with Crippen LogP contribution in [0.4, 0.5) is 9.59 Å². The Labute approximate surface area is 334 Å². The number of nitrogens with zero attached hydrogens (tertiary/aromatic N) is 2. The van der Waals surface area contributed by atoms with E-state index in [1.54, 1.807) is 0 Å². The number of hydrogen-bond acceptors (Lipinski definition) is 8. The van der Waals surface area contributed by atoms with Crippen molar-refractivity contribution >= 4 is 35.8 Å². The van der Waals surface area contributed by atoms with Crippen molar-refractivity contribution in [1.82, 2.24) is 31.1 Å². The van der Waals surface area contributed by atoms with Gasteiger partial charge >= 0.3 is 24.0 Å². The maximum Gasteiger partial charge on any atom is 0.325 e. The van der Waals surface area contributed by atoms with Gasteiger partial charge in [0.1, 0.15) is 11.1 Å². The minimum Gasteiger partial charge on any atom is -0.481 e. The molecule has 4 rings (SSSR count). The number of amides is 6. The third-order valence-corrected chi connectivity index (χ3v) is 15.5. The van der Waals surface area contributed by atoms with Crippen molar-refractivity contribution in [3.63, 3.8) is 0 Å². The van der Waals surface area contributed by atoms with Crippen LogP contribution in [0.3, 0.4) is 0 Å². The molecule has 0 aromatic carbocycles. The molecule has 14 heteroatoms. The summed E-state index contributed by atoms with van der Waals surface area (Å²) in [7, 11) is 0. The van der Waals surface area contributed by atoms with Gasteiger partial charge in [0.25, 0.3) is 11.8 Å². The number of carboxylic acid groups (broad SMARTS) is 2. The van der Waals surface area contributed by atoms with Crippen LogP contribution in [0, 0.1) is 17.3 Å². The third kappa shape index (κ3) is 8.20. The van der Waals surface area contributed by atoms with Gasteiger partial charge in [0, 0.05) is 53.5 Å². The Hall–Kier alpha value is -3.26. The summed E-state index contributed by atoms with van der Waals surface area (Å²) in [5.41, 5.74) is -5.47. The second-order valence-corrected chi connectivity index (χ2v) is 18.9. The van der Waals surface area contributed by atoms with Crippen LogP contribution in [0.2, 0.25) is 0 Å². The van der Waals surface area contributed by atoms with E-state index in [-0.39, 0.29) is 62.4 Å². The van der Waals surface area contributed by atoms with Gasteiger partial charge in [0.2, 0.25) is 0 Å². The molecule has 56 heavy (non-hydrogen) atoms. The number of urea groups is 2. The van der Waals surface area contributed by atoms with E-state index in [2.05, 4.69) is 76.7 Å². The number of carbonyl (C=O) groups excluding carboxylic acids is 4. The summed E-state index contributed by atoms with van der Waals surface area (Å²) in [6.45, 7) is 20.3. The van der Waals surface area contributed by atoms with Gasteiger partial charge in [-0.3, -0.25) is 29.0 Å². The first kappa shape index (κ1) is 45.4. The largest absolute Gasteiger partial charge is 0.481 e. The molecule has 0 aromatic heterocycles. The molecular weight excluding hydrogens is 716 g/mol. The summed E-state index contributed by atoms with van der Waals surface area (Å²) >= 11 is 0. The Balaban J connectivity index is 1.61. The summed E-state index contributed by atoms with van der Waals surface area (Å²) in [6, 6.07) is -1.07. The molecule has 14 nitrogen and oxygen atoms in total. The van der Waals surface area contributed by atoms with E-state index in [9.17, 15) is 33.9 Å². The third-order valence-electron chi connectivity index (χ3n) is 15.5. The van der Waals surface area contributed by atoms with Crippen LogP contribution in [0.5, 0.6) is 0 Å². The van der Waals surface area contributed by atoms with E-state index in [1.807, 2.05) is 13.8 Å². The van der Waals surface area contributed by atoms with Crippen LogP contribution in [0.1, 0.15) is 166 Å². The van der Waals surface area contributed by atoms with Gasteiger partial charge in [-0.25, -0.2) is 9.59 Å². The first-order chi connectivity index (χ1) is 26.0. The Morgan fingerprint density at radius 2 is 1.04 bits per heavy atom. The molecule has 0 radical (unpaired) electrons. The highest BCUT2D eigenvalue weighted by Gasteiger charge is 2.65. The number of piperidine rings is 2. The second-order valence-electron chi connectivity index (χ2n) is 18.9. The molecule has 8 unspecified atom stereocenters. The molecule has 4 aliphatic heterocycles. The predicted molar refractivity (Wildman–Crippen MR) is 214 cm³/mol. The summed E-state index contributed by atoms with van der Waals surface area (Å²) in [5, 5.41) is 33.7. The molecule has 4 saturated heterocycles. The fraction of sp³-hybridized carbons (Fsp3) is 0.857. The minimum atomic E-state index is -1.46. The standard InChI is InChI=1S/C42H72N6O8/c1-11-36(7)26-41(28(5)38(9,13-3)45-36)31(51)47(34(55)43-41)24-22-40(33(53)54,21-19-17-15-16-18-20-30(49)50)23-25-48-32(52)42(44-35(48)56)27-37(8,12-2)46-39(10,14-4)29(42)6/h28-29,45-46H,11-27H2,1-10H3,(H,43,55)(H,44,56)(H,49,50)(H,53,54). The molecule has 4 heterocycles. The Bertz CT molecular complexity index is 1450. The highest BCUT2D eigenvalue weighted by Crippen LogP contribution is 2.48. The zero-order valence-corrected chi connectivity index (χ0v) is 35.9. The molecule has 4 aliphatic rings. The van der Waals surface area contributed by atoms with Crippen LogP contribution < -0.4 is 21.3 Å². The Kier molecular flexibility index (Phi) is 13.4. The maximum atomic E-state index is 14.5. The Morgan fingerprint density at radius 3 is 1.39 bits per heavy atom.